The van der Waals surface area contributed by atoms with E-state index in [2.05, 4.69) is 4.98 Å². The summed E-state index contributed by atoms with van der Waals surface area (Å²) in [6.45, 7) is 1.93. The van der Waals surface area contributed by atoms with Gasteiger partial charge in [-0.3, -0.25) is 9.69 Å². The lowest BCUT2D eigenvalue weighted by atomic mass is 10.2. The SMILES string of the molecule is Cn1ccnc1COc1ccc(CN2CCC[C@@H]2C(=O)O)cc1. The van der Waals surface area contributed by atoms with Crippen LogP contribution < -0.4 is 4.74 Å². The molecule has 0 bridgehead atoms. The van der Waals surface area contributed by atoms with E-state index in [-0.39, 0.29) is 6.04 Å². The van der Waals surface area contributed by atoms with Gasteiger partial charge in [0.15, 0.2) is 0 Å². The first-order chi connectivity index (χ1) is 11.1. The second-order valence-corrected chi connectivity index (χ2v) is 5.85. The highest BCUT2D eigenvalue weighted by molar-refractivity contribution is 5.73. The van der Waals surface area contributed by atoms with Gasteiger partial charge >= 0.3 is 5.97 Å². The van der Waals surface area contributed by atoms with Crippen LogP contribution in [0.3, 0.4) is 0 Å². The normalized spacial score (nSPS) is 18.2. The Morgan fingerprint density at radius 3 is 2.83 bits per heavy atom. The van der Waals surface area contributed by atoms with Crippen LogP contribution in [0.15, 0.2) is 36.7 Å². The van der Waals surface area contributed by atoms with E-state index in [1.807, 2.05) is 47.0 Å². The van der Waals surface area contributed by atoms with E-state index in [0.29, 0.717) is 13.2 Å². The topological polar surface area (TPSA) is 67.6 Å². The summed E-state index contributed by atoms with van der Waals surface area (Å²) in [5, 5.41) is 9.22. The van der Waals surface area contributed by atoms with Crippen molar-refractivity contribution in [1.82, 2.24) is 14.5 Å². The lowest BCUT2D eigenvalue weighted by Gasteiger charge is -2.21. The second kappa shape index (κ2) is 6.83. The molecule has 1 aromatic carbocycles. The Morgan fingerprint density at radius 1 is 1.39 bits per heavy atom. The molecule has 1 aromatic heterocycles. The highest BCUT2D eigenvalue weighted by Crippen LogP contribution is 2.21. The summed E-state index contributed by atoms with van der Waals surface area (Å²) >= 11 is 0. The molecule has 122 valence electrons. The molecule has 3 rings (SSSR count). The van der Waals surface area contributed by atoms with Gasteiger partial charge in [-0.1, -0.05) is 12.1 Å². The maximum atomic E-state index is 11.2. The van der Waals surface area contributed by atoms with Crippen LogP contribution in [0.4, 0.5) is 0 Å². The third-order valence-electron chi connectivity index (χ3n) is 4.25. The summed E-state index contributed by atoms with van der Waals surface area (Å²) in [5.41, 5.74) is 1.10. The zero-order chi connectivity index (χ0) is 16.2. The number of hydrogen-bond donors (Lipinski definition) is 1. The Hall–Kier alpha value is -2.34. The average molecular weight is 315 g/mol. The number of aromatic nitrogens is 2. The number of carbonyl (C=O) groups is 1. The summed E-state index contributed by atoms with van der Waals surface area (Å²) in [6.07, 6.45) is 5.31. The summed E-state index contributed by atoms with van der Waals surface area (Å²) in [6, 6.07) is 7.47. The van der Waals surface area contributed by atoms with E-state index >= 15 is 0 Å². The number of hydrogen-bond acceptors (Lipinski definition) is 4. The number of imidazole rings is 1. The lowest BCUT2D eigenvalue weighted by Crippen LogP contribution is -2.35. The minimum absolute atomic E-state index is 0.352. The molecular weight excluding hydrogens is 294 g/mol. The number of likely N-dealkylation sites (tertiary alicyclic amines) is 1. The molecule has 1 aliphatic heterocycles. The van der Waals surface area contributed by atoms with Gasteiger partial charge in [0.05, 0.1) is 0 Å². The van der Waals surface area contributed by atoms with Crippen LogP contribution in [-0.4, -0.2) is 38.1 Å². The molecule has 2 heterocycles. The molecule has 1 aliphatic rings. The van der Waals surface area contributed by atoms with Gasteiger partial charge in [-0.15, -0.1) is 0 Å². The van der Waals surface area contributed by atoms with E-state index in [1.165, 1.54) is 0 Å². The van der Waals surface area contributed by atoms with Crippen LogP contribution in [0.2, 0.25) is 0 Å². The third-order valence-corrected chi connectivity index (χ3v) is 4.25. The number of benzene rings is 1. The fourth-order valence-corrected chi connectivity index (χ4v) is 2.90. The first-order valence-electron chi connectivity index (χ1n) is 7.78. The molecule has 0 amide bonds. The van der Waals surface area contributed by atoms with Crippen molar-refractivity contribution in [1.29, 1.82) is 0 Å². The van der Waals surface area contributed by atoms with Crippen molar-refractivity contribution >= 4 is 5.97 Å². The molecule has 6 heteroatoms. The fraction of sp³-hybridized carbons (Fsp3) is 0.412. The van der Waals surface area contributed by atoms with E-state index in [4.69, 9.17) is 4.74 Å². The molecule has 0 aliphatic carbocycles. The zero-order valence-corrected chi connectivity index (χ0v) is 13.2. The first kappa shape index (κ1) is 15.6. The second-order valence-electron chi connectivity index (χ2n) is 5.85. The molecule has 0 unspecified atom stereocenters. The molecule has 23 heavy (non-hydrogen) atoms. The maximum absolute atomic E-state index is 11.2. The highest BCUT2D eigenvalue weighted by atomic mass is 16.5. The number of ether oxygens (including phenoxy) is 1. The van der Waals surface area contributed by atoms with Crippen LogP contribution in [-0.2, 0) is 25.0 Å². The summed E-state index contributed by atoms with van der Waals surface area (Å²) < 4.78 is 7.65. The van der Waals surface area contributed by atoms with E-state index in [0.717, 1.165) is 36.5 Å². The van der Waals surface area contributed by atoms with E-state index in [9.17, 15) is 9.90 Å². The molecule has 0 saturated carbocycles. The molecule has 1 atom stereocenters. The zero-order valence-electron chi connectivity index (χ0n) is 13.2. The number of aliphatic carboxylic acids is 1. The van der Waals surface area contributed by atoms with Gasteiger partial charge < -0.3 is 14.4 Å². The van der Waals surface area contributed by atoms with Gasteiger partial charge in [-0.25, -0.2) is 4.98 Å². The fourth-order valence-electron chi connectivity index (χ4n) is 2.90. The number of carboxylic acids is 1. The minimum Gasteiger partial charge on any atom is -0.486 e. The van der Waals surface area contributed by atoms with Crippen molar-refractivity contribution in [2.24, 2.45) is 7.05 Å². The molecule has 2 aromatic rings. The molecule has 6 nitrogen and oxygen atoms in total. The standard InChI is InChI=1S/C17H21N3O3/c1-19-10-8-18-16(19)12-23-14-6-4-13(5-7-14)11-20-9-2-3-15(20)17(21)22/h4-8,10,15H,2-3,9,11-12H2,1H3,(H,21,22)/t15-/m1/s1. The lowest BCUT2D eigenvalue weighted by molar-refractivity contribution is -0.142. The van der Waals surface area contributed by atoms with Gasteiger partial charge in [0.1, 0.15) is 24.2 Å². The molecular formula is C17H21N3O3. The van der Waals surface area contributed by atoms with E-state index in [1.54, 1.807) is 6.20 Å². The van der Waals surface area contributed by atoms with Crippen LogP contribution in [0.25, 0.3) is 0 Å². The monoisotopic (exact) mass is 315 g/mol. The summed E-state index contributed by atoms with van der Waals surface area (Å²) in [5.74, 6) is 0.931. The molecule has 0 spiro atoms. The molecule has 1 N–H and O–H groups in total. The Bertz CT molecular complexity index is 666. The number of aryl methyl sites for hydroxylation is 1. The van der Waals surface area contributed by atoms with Crippen molar-refractivity contribution in [3.05, 3.63) is 48.0 Å². The molecule has 1 fully saturated rings. The first-order valence-corrected chi connectivity index (χ1v) is 7.78. The highest BCUT2D eigenvalue weighted by Gasteiger charge is 2.30. The van der Waals surface area contributed by atoms with Crippen LogP contribution in [0, 0.1) is 0 Å². The predicted molar refractivity (Wildman–Crippen MR) is 85.0 cm³/mol. The van der Waals surface area contributed by atoms with Crippen molar-refractivity contribution in [2.45, 2.75) is 32.0 Å². The van der Waals surface area contributed by atoms with Crippen LogP contribution in [0.1, 0.15) is 24.2 Å². The molecule has 0 radical (unpaired) electrons. The van der Waals surface area contributed by atoms with E-state index < -0.39 is 5.97 Å². The largest absolute Gasteiger partial charge is 0.486 e. The Morgan fingerprint density at radius 2 is 2.17 bits per heavy atom. The third kappa shape index (κ3) is 3.71. The minimum atomic E-state index is -0.725. The summed E-state index contributed by atoms with van der Waals surface area (Å²) in [7, 11) is 1.93. The quantitative estimate of drug-likeness (QED) is 0.883. The average Bonchev–Trinajstić information content (AvgIpc) is 3.16. The Kier molecular flexibility index (Phi) is 4.62. The smallest absolute Gasteiger partial charge is 0.320 e. The van der Waals surface area contributed by atoms with Gasteiger partial charge in [-0.2, -0.15) is 0 Å². The van der Waals surface area contributed by atoms with Crippen molar-refractivity contribution in [3.63, 3.8) is 0 Å². The van der Waals surface area contributed by atoms with Gasteiger partial charge in [0.2, 0.25) is 0 Å². The maximum Gasteiger partial charge on any atom is 0.320 e. The van der Waals surface area contributed by atoms with Gasteiger partial charge in [0, 0.05) is 26.0 Å². The van der Waals surface area contributed by atoms with Crippen molar-refractivity contribution < 1.29 is 14.6 Å². The molecule has 1 saturated heterocycles. The number of carboxylic acid groups (broad SMARTS) is 1. The van der Waals surface area contributed by atoms with Crippen LogP contribution >= 0.6 is 0 Å². The number of nitrogens with zero attached hydrogens (tertiary/aromatic N) is 3. The predicted octanol–water partition coefficient (Wildman–Crippen LogP) is 2.05. The number of rotatable bonds is 6. The Balaban J connectivity index is 1.57. The summed E-state index contributed by atoms with van der Waals surface area (Å²) in [4.78, 5) is 17.4. The van der Waals surface area contributed by atoms with Crippen LogP contribution in [0.5, 0.6) is 5.75 Å². The van der Waals surface area contributed by atoms with Crippen molar-refractivity contribution in [3.8, 4) is 5.75 Å². The van der Waals surface area contributed by atoms with Gasteiger partial charge in [-0.05, 0) is 37.1 Å². The van der Waals surface area contributed by atoms with Crippen molar-refractivity contribution in [2.75, 3.05) is 6.54 Å². The Labute approximate surface area is 135 Å². The van der Waals surface area contributed by atoms with Gasteiger partial charge in [0.25, 0.3) is 0 Å².